The Hall–Kier alpha value is -2.53. The Bertz CT molecular complexity index is 841. The smallest absolute Gasteiger partial charge is 0.248 e. The zero-order valence-corrected chi connectivity index (χ0v) is 12.0. The van der Waals surface area contributed by atoms with E-state index >= 15 is 0 Å². The molecule has 3 aromatic rings. The molecule has 0 radical (unpaired) electrons. The molecule has 1 heterocycles. The second-order valence-electron chi connectivity index (χ2n) is 4.64. The predicted octanol–water partition coefficient (Wildman–Crippen LogP) is 3.02. The number of halogens is 1. The lowest BCUT2D eigenvalue weighted by Gasteiger charge is -2.07. The SMILES string of the molecule is CNc1n[nH]c2ccc(-c3cc(C(N)=O)ccc3Cl)cc12. The summed E-state index contributed by atoms with van der Waals surface area (Å²) in [6.45, 7) is 0. The predicted molar refractivity (Wildman–Crippen MR) is 84.6 cm³/mol. The van der Waals surface area contributed by atoms with Gasteiger partial charge in [0.2, 0.25) is 5.91 Å². The second-order valence-corrected chi connectivity index (χ2v) is 5.05. The van der Waals surface area contributed by atoms with Gasteiger partial charge in [-0.3, -0.25) is 9.89 Å². The Balaban J connectivity index is 2.19. The minimum Gasteiger partial charge on any atom is -0.371 e. The first kappa shape index (κ1) is 13.5. The zero-order valence-electron chi connectivity index (χ0n) is 11.3. The van der Waals surface area contributed by atoms with Gasteiger partial charge in [0.25, 0.3) is 0 Å². The molecule has 0 saturated carbocycles. The van der Waals surface area contributed by atoms with Crippen molar-refractivity contribution in [3.8, 4) is 11.1 Å². The molecule has 0 atom stereocenters. The molecule has 3 rings (SSSR count). The van der Waals surface area contributed by atoms with Gasteiger partial charge in [-0.25, -0.2) is 0 Å². The molecule has 0 saturated heterocycles. The maximum Gasteiger partial charge on any atom is 0.248 e. The van der Waals surface area contributed by atoms with Crippen molar-refractivity contribution in [3.05, 3.63) is 47.0 Å². The number of hydrogen-bond donors (Lipinski definition) is 3. The molecular weight excluding hydrogens is 288 g/mol. The van der Waals surface area contributed by atoms with Crippen LogP contribution >= 0.6 is 11.6 Å². The topological polar surface area (TPSA) is 83.8 Å². The summed E-state index contributed by atoms with van der Waals surface area (Å²) < 4.78 is 0. The van der Waals surface area contributed by atoms with Crippen molar-refractivity contribution in [2.45, 2.75) is 0 Å². The van der Waals surface area contributed by atoms with Crippen molar-refractivity contribution < 1.29 is 4.79 Å². The normalized spacial score (nSPS) is 10.8. The molecule has 21 heavy (non-hydrogen) atoms. The van der Waals surface area contributed by atoms with E-state index in [1.807, 2.05) is 25.2 Å². The van der Waals surface area contributed by atoms with Gasteiger partial charge in [-0.2, -0.15) is 5.10 Å². The summed E-state index contributed by atoms with van der Waals surface area (Å²) in [6.07, 6.45) is 0. The average molecular weight is 301 g/mol. The molecule has 5 nitrogen and oxygen atoms in total. The molecule has 1 aromatic heterocycles. The highest BCUT2D eigenvalue weighted by Gasteiger charge is 2.11. The lowest BCUT2D eigenvalue weighted by molar-refractivity contribution is 0.100. The van der Waals surface area contributed by atoms with Crippen LogP contribution in [0.3, 0.4) is 0 Å². The van der Waals surface area contributed by atoms with Gasteiger partial charge in [-0.15, -0.1) is 0 Å². The number of H-pyrrole nitrogens is 1. The summed E-state index contributed by atoms with van der Waals surface area (Å²) >= 11 is 6.24. The van der Waals surface area contributed by atoms with Crippen LogP contribution in [0.2, 0.25) is 5.02 Å². The number of amides is 1. The number of fused-ring (bicyclic) bond motifs is 1. The minimum absolute atomic E-state index is 0.426. The molecular formula is C15H13ClN4O. The third-order valence-electron chi connectivity index (χ3n) is 3.36. The molecule has 0 aliphatic heterocycles. The fraction of sp³-hybridized carbons (Fsp3) is 0.0667. The fourth-order valence-corrected chi connectivity index (χ4v) is 2.50. The molecule has 4 N–H and O–H groups in total. The number of nitrogens with two attached hydrogens (primary N) is 1. The van der Waals surface area contributed by atoms with Crippen LogP contribution in [0.15, 0.2) is 36.4 Å². The van der Waals surface area contributed by atoms with Crippen LogP contribution in [0.25, 0.3) is 22.0 Å². The van der Waals surface area contributed by atoms with Gasteiger partial charge >= 0.3 is 0 Å². The standard InChI is InChI=1S/C15H13ClN4O/c1-18-15-11-6-8(3-5-13(11)19-20-15)10-7-9(14(17)21)2-4-12(10)16/h2-7H,1H3,(H2,17,21)(H2,18,19,20). The van der Waals surface area contributed by atoms with Gasteiger partial charge in [0.1, 0.15) is 0 Å². The van der Waals surface area contributed by atoms with E-state index in [1.165, 1.54) is 0 Å². The molecule has 0 bridgehead atoms. The molecule has 0 spiro atoms. The summed E-state index contributed by atoms with van der Waals surface area (Å²) in [5.74, 6) is 0.280. The Morgan fingerprint density at radius 1 is 1.29 bits per heavy atom. The lowest BCUT2D eigenvalue weighted by Crippen LogP contribution is -2.10. The number of hydrogen-bond acceptors (Lipinski definition) is 3. The van der Waals surface area contributed by atoms with Crippen molar-refractivity contribution in [1.82, 2.24) is 10.2 Å². The number of nitrogens with zero attached hydrogens (tertiary/aromatic N) is 1. The van der Waals surface area contributed by atoms with Gasteiger partial charge in [0, 0.05) is 28.6 Å². The Morgan fingerprint density at radius 3 is 2.81 bits per heavy atom. The Labute approximate surface area is 126 Å². The van der Waals surface area contributed by atoms with Crippen molar-refractivity contribution in [2.24, 2.45) is 5.73 Å². The third kappa shape index (κ3) is 2.32. The van der Waals surface area contributed by atoms with E-state index in [0.29, 0.717) is 10.6 Å². The first-order valence-corrected chi connectivity index (χ1v) is 6.73. The number of aromatic amines is 1. The molecule has 6 heteroatoms. The molecule has 1 amide bonds. The maximum absolute atomic E-state index is 11.3. The quantitative estimate of drug-likeness (QED) is 0.695. The number of carbonyl (C=O) groups is 1. The van der Waals surface area contributed by atoms with Gasteiger partial charge < -0.3 is 11.1 Å². The van der Waals surface area contributed by atoms with Gasteiger partial charge in [-0.05, 0) is 35.9 Å². The van der Waals surface area contributed by atoms with E-state index in [9.17, 15) is 4.79 Å². The molecule has 0 aliphatic rings. The Morgan fingerprint density at radius 2 is 2.10 bits per heavy atom. The van der Waals surface area contributed by atoms with E-state index in [2.05, 4.69) is 15.5 Å². The third-order valence-corrected chi connectivity index (χ3v) is 3.69. The largest absolute Gasteiger partial charge is 0.371 e. The van der Waals surface area contributed by atoms with E-state index in [1.54, 1.807) is 18.2 Å². The second kappa shape index (κ2) is 5.10. The fourth-order valence-electron chi connectivity index (χ4n) is 2.27. The number of aromatic nitrogens is 2. The first-order valence-electron chi connectivity index (χ1n) is 6.36. The van der Waals surface area contributed by atoms with Gasteiger partial charge in [0.15, 0.2) is 5.82 Å². The van der Waals surface area contributed by atoms with E-state index < -0.39 is 5.91 Å². The zero-order chi connectivity index (χ0) is 15.0. The first-order chi connectivity index (χ1) is 10.1. The monoisotopic (exact) mass is 300 g/mol. The van der Waals surface area contributed by atoms with Crippen molar-refractivity contribution >= 4 is 34.2 Å². The van der Waals surface area contributed by atoms with Crippen LogP contribution in [-0.4, -0.2) is 23.2 Å². The van der Waals surface area contributed by atoms with E-state index in [-0.39, 0.29) is 0 Å². The van der Waals surface area contributed by atoms with Crippen molar-refractivity contribution in [2.75, 3.05) is 12.4 Å². The summed E-state index contributed by atoms with van der Waals surface area (Å²) in [4.78, 5) is 11.3. The number of anilines is 1. The van der Waals surface area contributed by atoms with Crippen LogP contribution in [-0.2, 0) is 0 Å². The summed E-state index contributed by atoms with van der Waals surface area (Å²) in [5.41, 5.74) is 8.33. The van der Waals surface area contributed by atoms with Crippen molar-refractivity contribution in [1.29, 1.82) is 0 Å². The number of benzene rings is 2. The minimum atomic E-state index is -0.479. The molecule has 0 unspecified atom stereocenters. The molecule has 0 fully saturated rings. The molecule has 2 aromatic carbocycles. The van der Waals surface area contributed by atoms with E-state index in [4.69, 9.17) is 17.3 Å². The number of rotatable bonds is 3. The average Bonchev–Trinajstić information content (AvgIpc) is 2.89. The summed E-state index contributed by atoms with van der Waals surface area (Å²) in [5, 5.41) is 11.7. The van der Waals surface area contributed by atoms with Crippen LogP contribution in [0.4, 0.5) is 5.82 Å². The van der Waals surface area contributed by atoms with Gasteiger partial charge in [0.05, 0.1) is 5.52 Å². The van der Waals surface area contributed by atoms with Crippen LogP contribution in [0.1, 0.15) is 10.4 Å². The Kier molecular flexibility index (Phi) is 3.27. The van der Waals surface area contributed by atoms with E-state index in [0.717, 1.165) is 27.8 Å². The highest BCUT2D eigenvalue weighted by molar-refractivity contribution is 6.33. The highest BCUT2D eigenvalue weighted by Crippen LogP contribution is 2.32. The van der Waals surface area contributed by atoms with Gasteiger partial charge in [-0.1, -0.05) is 17.7 Å². The maximum atomic E-state index is 11.3. The summed E-state index contributed by atoms with van der Waals surface area (Å²) in [7, 11) is 1.81. The molecule has 106 valence electrons. The number of primary amides is 1. The van der Waals surface area contributed by atoms with Crippen LogP contribution in [0.5, 0.6) is 0 Å². The van der Waals surface area contributed by atoms with Crippen molar-refractivity contribution in [3.63, 3.8) is 0 Å². The summed E-state index contributed by atoms with van der Waals surface area (Å²) in [6, 6.07) is 10.8. The number of nitrogens with one attached hydrogen (secondary N) is 2. The molecule has 0 aliphatic carbocycles. The van der Waals surface area contributed by atoms with Crippen LogP contribution in [0, 0.1) is 0 Å². The highest BCUT2D eigenvalue weighted by atomic mass is 35.5. The number of carbonyl (C=O) groups excluding carboxylic acids is 1. The van der Waals surface area contributed by atoms with Crippen LogP contribution < -0.4 is 11.1 Å². The lowest BCUT2D eigenvalue weighted by atomic mass is 10.0.